The van der Waals surface area contributed by atoms with E-state index < -0.39 is 21.6 Å². The average Bonchev–Trinajstić information content (AvgIpc) is 3.39. The number of piperazine rings is 1. The number of nitrogens with one attached hydrogen (secondary N) is 1. The van der Waals surface area contributed by atoms with Crippen molar-refractivity contribution in [3.63, 3.8) is 0 Å². The summed E-state index contributed by atoms with van der Waals surface area (Å²) in [5, 5.41) is 4.59. The number of urea groups is 1. The summed E-state index contributed by atoms with van der Waals surface area (Å²) in [6.45, 7) is 7.59. The third-order valence-electron chi connectivity index (χ3n) is 6.19. The Bertz CT molecular complexity index is 1090. The zero-order chi connectivity index (χ0) is 23.1. The van der Waals surface area contributed by atoms with Gasteiger partial charge in [-0.25, -0.2) is 18.1 Å². The molecule has 2 fully saturated rings. The monoisotopic (exact) mass is 476 g/mol. The van der Waals surface area contributed by atoms with Gasteiger partial charge in [-0.15, -0.1) is 11.3 Å². The zero-order valence-electron chi connectivity index (χ0n) is 18.4. The first kappa shape index (κ1) is 22.9. The van der Waals surface area contributed by atoms with Gasteiger partial charge in [0.05, 0.1) is 6.67 Å². The smallest absolute Gasteiger partial charge is 0.319 e. The number of nitrogens with zero attached hydrogens (tertiary/aromatic N) is 3. The highest BCUT2D eigenvalue weighted by molar-refractivity contribution is 7.91. The standard InChI is InChI=1S/C22H28N4O4S2/c1-16(2)17-6-8-18(9-7-17)22(3)20(27)26(21(28)23-22)15-24-10-12-25(13-11-24)32(29,30)19-5-4-14-31-19/h4-9,14,16H,10-13,15H2,1-3H3,(H,23,28)/t22-/m1/s1. The van der Waals surface area contributed by atoms with Gasteiger partial charge < -0.3 is 5.32 Å². The molecule has 3 amide bonds. The molecule has 4 rings (SSSR count). The van der Waals surface area contributed by atoms with Gasteiger partial charge in [-0.3, -0.25) is 9.69 Å². The van der Waals surface area contributed by atoms with Crippen molar-refractivity contribution in [3.8, 4) is 0 Å². The van der Waals surface area contributed by atoms with E-state index in [1.165, 1.54) is 26.1 Å². The summed E-state index contributed by atoms with van der Waals surface area (Å²) >= 11 is 1.20. The van der Waals surface area contributed by atoms with Gasteiger partial charge in [0.2, 0.25) is 0 Å². The first-order valence-electron chi connectivity index (χ1n) is 10.6. The highest BCUT2D eigenvalue weighted by Gasteiger charge is 2.49. The molecule has 8 nitrogen and oxygen atoms in total. The van der Waals surface area contributed by atoms with Crippen LogP contribution in [0.5, 0.6) is 0 Å². The van der Waals surface area contributed by atoms with E-state index in [4.69, 9.17) is 0 Å². The number of benzene rings is 1. The fourth-order valence-electron chi connectivity index (χ4n) is 4.07. The van der Waals surface area contributed by atoms with Gasteiger partial charge >= 0.3 is 6.03 Å². The molecule has 0 radical (unpaired) electrons. The van der Waals surface area contributed by atoms with E-state index in [-0.39, 0.29) is 12.6 Å². The molecule has 0 bridgehead atoms. The third kappa shape index (κ3) is 4.07. The van der Waals surface area contributed by atoms with Gasteiger partial charge in [-0.05, 0) is 35.4 Å². The summed E-state index contributed by atoms with van der Waals surface area (Å²) in [7, 11) is -3.49. The minimum atomic E-state index is -3.49. The molecule has 1 aromatic carbocycles. The molecular formula is C22H28N4O4S2. The summed E-state index contributed by atoms with van der Waals surface area (Å²) < 4.78 is 27.2. The molecule has 1 N–H and O–H groups in total. The Labute approximate surface area is 192 Å². The van der Waals surface area contributed by atoms with Gasteiger partial charge in [0, 0.05) is 26.2 Å². The highest BCUT2D eigenvalue weighted by Crippen LogP contribution is 2.30. The summed E-state index contributed by atoms with van der Waals surface area (Å²) in [6.07, 6.45) is 0. The van der Waals surface area contributed by atoms with Crippen molar-refractivity contribution in [1.82, 2.24) is 19.4 Å². The lowest BCUT2D eigenvalue weighted by Gasteiger charge is -2.35. The van der Waals surface area contributed by atoms with Crippen LogP contribution in [0.1, 0.15) is 37.8 Å². The van der Waals surface area contributed by atoms with Crippen LogP contribution in [0.2, 0.25) is 0 Å². The highest BCUT2D eigenvalue weighted by atomic mass is 32.2. The van der Waals surface area contributed by atoms with E-state index in [1.807, 2.05) is 29.2 Å². The lowest BCUT2D eigenvalue weighted by atomic mass is 9.90. The van der Waals surface area contributed by atoms with E-state index in [0.717, 1.165) is 5.56 Å². The molecule has 2 aliphatic rings. The number of imide groups is 1. The molecule has 0 aliphatic carbocycles. The largest absolute Gasteiger partial charge is 0.326 e. The second-order valence-corrected chi connectivity index (χ2v) is 11.8. The quantitative estimate of drug-likeness (QED) is 0.648. The maximum Gasteiger partial charge on any atom is 0.326 e. The van der Waals surface area contributed by atoms with E-state index in [0.29, 0.717) is 36.3 Å². The van der Waals surface area contributed by atoms with Crippen LogP contribution in [0, 0.1) is 0 Å². The average molecular weight is 477 g/mol. The minimum Gasteiger partial charge on any atom is -0.319 e. The number of hydrogen-bond acceptors (Lipinski definition) is 6. The Balaban J connectivity index is 1.41. The van der Waals surface area contributed by atoms with Crippen molar-refractivity contribution in [2.45, 2.75) is 36.4 Å². The number of thiophene rings is 1. The first-order valence-corrected chi connectivity index (χ1v) is 13.0. The lowest BCUT2D eigenvalue weighted by Crippen LogP contribution is -2.52. The van der Waals surface area contributed by atoms with Crippen LogP contribution in [-0.4, -0.2) is 67.3 Å². The molecule has 2 aromatic rings. The van der Waals surface area contributed by atoms with Crippen LogP contribution in [0.4, 0.5) is 4.79 Å². The molecule has 0 unspecified atom stereocenters. The van der Waals surface area contributed by atoms with Crippen LogP contribution < -0.4 is 5.32 Å². The van der Waals surface area contributed by atoms with Gasteiger partial charge in [-0.1, -0.05) is 44.2 Å². The Kier molecular flexibility index (Phi) is 6.15. The van der Waals surface area contributed by atoms with Crippen LogP contribution in [0.3, 0.4) is 0 Å². The lowest BCUT2D eigenvalue weighted by molar-refractivity contribution is -0.132. The van der Waals surface area contributed by atoms with Crippen molar-refractivity contribution in [2.75, 3.05) is 32.8 Å². The minimum absolute atomic E-state index is 0.136. The number of rotatable bonds is 6. The Morgan fingerprint density at radius 2 is 1.72 bits per heavy atom. The second-order valence-electron chi connectivity index (χ2n) is 8.66. The predicted molar refractivity (Wildman–Crippen MR) is 123 cm³/mol. The van der Waals surface area contributed by atoms with Crippen molar-refractivity contribution < 1.29 is 18.0 Å². The van der Waals surface area contributed by atoms with Gasteiger partial charge in [0.1, 0.15) is 9.75 Å². The Morgan fingerprint density at radius 1 is 1.06 bits per heavy atom. The fraction of sp³-hybridized carbons (Fsp3) is 0.455. The Morgan fingerprint density at radius 3 is 2.28 bits per heavy atom. The summed E-state index contributed by atoms with van der Waals surface area (Å²) in [5.74, 6) is 0.0814. The maximum absolute atomic E-state index is 13.2. The molecule has 2 aliphatic heterocycles. The van der Waals surface area contributed by atoms with Crippen molar-refractivity contribution in [3.05, 3.63) is 52.9 Å². The van der Waals surface area contributed by atoms with E-state index in [2.05, 4.69) is 19.2 Å². The van der Waals surface area contributed by atoms with Crippen molar-refractivity contribution in [2.24, 2.45) is 0 Å². The predicted octanol–water partition coefficient (Wildman–Crippen LogP) is 2.60. The van der Waals surface area contributed by atoms with Gasteiger partial charge in [0.15, 0.2) is 0 Å². The summed E-state index contributed by atoms with van der Waals surface area (Å²) in [5.41, 5.74) is 0.799. The molecule has 10 heteroatoms. The van der Waals surface area contributed by atoms with Gasteiger partial charge in [0.25, 0.3) is 15.9 Å². The van der Waals surface area contributed by atoms with Crippen LogP contribution in [-0.2, 0) is 20.4 Å². The molecular weight excluding hydrogens is 448 g/mol. The normalized spacial score (nSPS) is 23.2. The molecule has 1 aromatic heterocycles. The summed E-state index contributed by atoms with van der Waals surface area (Å²) in [4.78, 5) is 29.0. The SMILES string of the molecule is CC(C)c1ccc([C@@]2(C)NC(=O)N(CN3CCN(S(=O)(=O)c4cccs4)CC3)C2=O)cc1. The molecule has 0 saturated carbocycles. The third-order valence-corrected chi connectivity index (χ3v) is 9.46. The van der Waals surface area contributed by atoms with E-state index >= 15 is 0 Å². The topological polar surface area (TPSA) is 90.0 Å². The van der Waals surface area contributed by atoms with Gasteiger partial charge in [-0.2, -0.15) is 4.31 Å². The van der Waals surface area contributed by atoms with Crippen LogP contribution >= 0.6 is 11.3 Å². The molecule has 32 heavy (non-hydrogen) atoms. The zero-order valence-corrected chi connectivity index (χ0v) is 20.1. The van der Waals surface area contributed by atoms with Crippen molar-refractivity contribution >= 4 is 33.3 Å². The molecule has 3 heterocycles. The molecule has 1 atom stereocenters. The van der Waals surface area contributed by atoms with Crippen molar-refractivity contribution in [1.29, 1.82) is 0 Å². The van der Waals surface area contributed by atoms with Crippen LogP contribution in [0.15, 0.2) is 46.0 Å². The summed E-state index contributed by atoms with van der Waals surface area (Å²) in [6, 6.07) is 10.7. The van der Waals surface area contributed by atoms with Crippen LogP contribution in [0.25, 0.3) is 0 Å². The van der Waals surface area contributed by atoms with E-state index in [1.54, 1.807) is 24.4 Å². The number of sulfonamides is 1. The first-order chi connectivity index (χ1) is 15.1. The number of carbonyl (C=O) groups is 2. The molecule has 172 valence electrons. The molecule has 0 spiro atoms. The fourth-order valence-corrected chi connectivity index (χ4v) is 6.64. The number of carbonyl (C=O) groups excluding carboxylic acids is 2. The van der Waals surface area contributed by atoms with E-state index in [9.17, 15) is 18.0 Å². The Hall–Kier alpha value is -2.27. The second kappa shape index (κ2) is 8.58. The number of amides is 3. The maximum atomic E-state index is 13.2. The number of hydrogen-bond donors (Lipinski definition) is 1. The molecule has 2 saturated heterocycles.